The van der Waals surface area contributed by atoms with Crippen molar-refractivity contribution in [1.82, 2.24) is 48.3 Å². The van der Waals surface area contributed by atoms with Crippen molar-refractivity contribution in [1.29, 1.82) is 0 Å². The summed E-state index contributed by atoms with van der Waals surface area (Å²) in [6.45, 7) is 6.18. The lowest BCUT2D eigenvalue weighted by molar-refractivity contribution is -0.0132. The van der Waals surface area contributed by atoms with Crippen LogP contribution in [-0.2, 0) is 23.7 Å². The number of imidazole rings is 1. The van der Waals surface area contributed by atoms with Gasteiger partial charge in [0.1, 0.15) is 22.9 Å². The summed E-state index contributed by atoms with van der Waals surface area (Å²) in [6.07, 6.45) is 11.0. The van der Waals surface area contributed by atoms with E-state index in [1.807, 2.05) is 11.0 Å². The van der Waals surface area contributed by atoms with Gasteiger partial charge in [-0.1, -0.05) is 18.1 Å². The quantitative estimate of drug-likeness (QED) is 0.174. The van der Waals surface area contributed by atoms with Gasteiger partial charge in [0, 0.05) is 55.0 Å². The van der Waals surface area contributed by atoms with E-state index in [2.05, 4.69) is 44.9 Å². The van der Waals surface area contributed by atoms with E-state index in [0.717, 1.165) is 48.9 Å². The number of rotatable bonds is 7. The van der Waals surface area contributed by atoms with Crippen molar-refractivity contribution in [2.75, 3.05) is 6.61 Å². The monoisotopic (exact) mass is 892 g/mol. The van der Waals surface area contributed by atoms with Crippen LogP contribution < -0.4 is 11.4 Å². The third-order valence-corrected chi connectivity index (χ3v) is 15.6. The van der Waals surface area contributed by atoms with Gasteiger partial charge in [-0.3, -0.25) is 28.1 Å². The Bertz CT molecular complexity index is 3490. The van der Waals surface area contributed by atoms with Gasteiger partial charge in [0.25, 0.3) is 5.91 Å². The second kappa shape index (κ2) is 13.6. The lowest BCUT2D eigenvalue weighted by atomic mass is 9.87. The Balaban J connectivity index is 0.969. The van der Waals surface area contributed by atoms with Crippen molar-refractivity contribution < 1.29 is 22.8 Å². The molecule has 2 saturated heterocycles. The van der Waals surface area contributed by atoms with Gasteiger partial charge < -0.3 is 14.2 Å². The summed E-state index contributed by atoms with van der Waals surface area (Å²) in [5, 5.41) is 14.8. The minimum Gasteiger partial charge on any atom is -0.375 e. The van der Waals surface area contributed by atoms with Crippen LogP contribution in [0, 0.1) is 31.4 Å². The van der Waals surface area contributed by atoms with Crippen LogP contribution in [0.15, 0.2) is 81.2 Å². The Morgan fingerprint density at radius 2 is 1.70 bits per heavy atom. The number of aromatic nitrogens is 9. The first kappa shape index (κ1) is 39.5. The van der Waals surface area contributed by atoms with Crippen molar-refractivity contribution in [2.45, 2.75) is 101 Å². The van der Waals surface area contributed by atoms with E-state index in [0.29, 0.717) is 76.8 Å². The molecule has 1 amide bonds. The van der Waals surface area contributed by atoms with Gasteiger partial charge in [0.05, 0.1) is 45.8 Å². The Kier molecular flexibility index (Phi) is 8.13. The average Bonchev–Trinajstić information content (AvgIpc) is 3.70. The second-order valence-electron chi connectivity index (χ2n) is 19.5. The molecule has 17 heteroatoms. The van der Waals surface area contributed by atoms with Crippen LogP contribution in [-0.4, -0.2) is 72.5 Å². The minimum absolute atomic E-state index is 0.0111. The zero-order chi connectivity index (χ0) is 45.1. The first-order valence-corrected chi connectivity index (χ1v) is 22.8. The number of nitrogens with one attached hydrogen (secondary N) is 1. The molecule has 8 aromatic rings. The fourth-order valence-electron chi connectivity index (χ4n) is 12.0. The maximum absolute atomic E-state index is 16.2. The highest BCUT2D eigenvalue weighted by molar-refractivity contribution is 6.00. The van der Waals surface area contributed by atoms with Crippen LogP contribution in [0.1, 0.15) is 108 Å². The number of halogens is 2. The highest BCUT2D eigenvalue weighted by atomic mass is 19.1. The Hall–Kier alpha value is -6.88. The van der Waals surface area contributed by atoms with E-state index in [9.17, 15) is 9.59 Å². The number of carbonyl (C=O) groups is 1. The third-order valence-electron chi connectivity index (χ3n) is 15.6. The normalized spacial score (nSPS) is 23.9. The predicted molar refractivity (Wildman–Crippen MR) is 238 cm³/mol. The molecule has 5 aliphatic rings. The van der Waals surface area contributed by atoms with Crippen molar-refractivity contribution >= 4 is 27.7 Å². The largest absolute Gasteiger partial charge is 0.438 e. The number of benzene rings is 3. The first-order chi connectivity index (χ1) is 31.8. The molecule has 66 heavy (non-hydrogen) atoms. The molecule has 0 unspecified atom stereocenters. The standard InChI is InChI=1S/C49H46F2N10O5/c1-25-17-32(18-26(2)41(25)50)61-43(58-15-14-57(47(58)64)38-10-9-36-33(42(38)51)24-52-56(36)4)40-34(54-61)21-31-6-8-37(40)59(31)44(62)39-20-30-19-28(29-11-16-65-48(23-29)12-13-48)5-7-35(30)60(39)49(22-27(49)3)45-53-46(63)66-55-45/h5,7,9-10,14-15,17-20,24,27,29,31,37H,6,8,11-13,16,21-23H2,1-4H3,(H,53,55,63)/t27-,29-,31-,37+,49-/m0/s1. The van der Waals surface area contributed by atoms with E-state index in [4.69, 9.17) is 14.4 Å². The van der Waals surface area contributed by atoms with Gasteiger partial charge >= 0.3 is 11.4 Å². The number of aromatic amines is 1. The molecule has 3 aromatic carbocycles. The van der Waals surface area contributed by atoms with Gasteiger partial charge in [-0.15, -0.1) is 0 Å². The van der Waals surface area contributed by atoms with Gasteiger partial charge in [-0.25, -0.2) is 23.1 Å². The third kappa shape index (κ3) is 5.48. The van der Waals surface area contributed by atoms with Crippen molar-refractivity contribution in [3.05, 3.63) is 139 Å². The fourth-order valence-corrected chi connectivity index (χ4v) is 12.0. The number of H-pyrrole nitrogens is 1. The zero-order valence-electron chi connectivity index (χ0n) is 36.8. The van der Waals surface area contributed by atoms with Crippen molar-refractivity contribution in [3.63, 3.8) is 0 Å². The maximum Gasteiger partial charge on any atom is 0.438 e. The predicted octanol–water partition coefficient (Wildman–Crippen LogP) is 7.34. The molecule has 2 bridgehead atoms. The van der Waals surface area contributed by atoms with Gasteiger partial charge in [-0.2, -0.15) is 10.2 Å². The molecule has 13 rings (SSSR count). The summed E-state index contributed by atoms with van der Waals surface area (Å²) in [5.41, 5.74) is 4.58. The summed E-state index contributed by atoms with van der Waals surface area (Å²) in [4.78, 5) is 47.8. The van der Waals surface area contributed by atoms with E-state index < -0.39 is 28.8 Å². The number of carbonyl (C=O) groups excluding carboxylic acids is 1. The van der Waals surface area contributed by atoms with Crippen molar-refractivity contribution in [2.24, 2.45) is 13.0 Å². The lowest BCUT2D eigenvalue weighted by Gasteiger charge is -2.35. The highest BCUT2D eigenvalue weighted by Crippen LogP contribution is 2.57. The Labute approximate surface area is 375 Å². The summed E-state index contributed by atoms with van der Waals surface area (Å²) in [7, 11) is 1.73. The SMILES string of the molecule is Cc1cc(-n2nc3c(c2-n2ccn(-c4ccc5c(cnn5C)c4F)c2=O)[C@H]2CC[C@@H](C3)N2C(=O)c2cc3cc([C@H]4CCOC5(CC5)C4)ccc3n2[C@@]2(c3noc(=O)[nH]3)C[C@@H]2C)cc(C)c1F. The van der Waals surface area contributed by atoms with Crippen LogP contribution in [0.25, 0.3) is 39.0 Å². The summed E-state index contributed by atoms with van der Waals surface area (Å²) < 4.78 is 50.7. The second-order valence-corrected chi connectivity index (χ2v) is 19.5. The first-order valence-electron chi connectivity index (χ1n) is 22.8. The molecule has 3 aliphatic heterocycles. The number of aryl methyl sites for hydroxylation is 3. The average molecular weight is 893 g/mol. The topological polar surface area (TPSA) is 156 Å². The Morgan fingerprint density at radius 3 is 2.44 bits per heavy atom. The van der Waals surface area contributed by atoms with Gasteiger partial charge in [-0.05, 0) is 130 Å². The van der Waals surface area contributed by atoms with Gasteiger partial charge in [0.15, 0.2) is 11.6 Å². The summed E-state index contributed by atoms with van der Waals surface area (Å²) >= 11 is 0. The molecular weight excluding hydrogens is 847 g/mol. The van der Waals surface area contributed by atoms with E-state index in [1.165, 1.54) is 27.1 Å². The molecule has 336 valence electrons. The molecule has 4 fully saturated rings. The van der Waals surface area contributed by atoms with E-state index in [-0.39, 0.29) is 40.4 Å². The molecule has 1 N–H and O–H groups in total. The molecule has 15 nitrogen and oxygen atoms in total. The molecule has 5 atom stereocenters. The summed E-state index contributed by atoms with van der Waals surface area (Å²) in [5.74, 6) is -0.659. The number of hydrogen-bond donors (Lipinski definition) is 1. The fraction of sp³-hybridized carbons (Fsp3) is 0.388. The zero-order valence-corrected chi connectivity index (χ0v) is 36.8. The van der Waals surface area contributed by atoms with Crippen LogP contribution in [0.4, 0.5) is 8.78 Å². The lowest BCUT2D eigenvalue weighted by Crippen LogP contribution is -2.43. The number of amides is 1. The molecule has 2 saturated carbocycles. The number of hydrogen-bond acceptors (Lipinski definition) is 8. The van der Waals surface area contributed by atoms with E-state index in [1.54, 1.807) is 60.7 Å². The Morgan fingerprint density at radius 1 is 0.924 bits per heavy atom. The van der Waals surface area contributed by atoms with E-state index >= 15 is 13.6 Å². The molecule has 5 aromatic heterocycles. The molecule has 0 radical (unpaired) electrons. The van der Waals surface area contributed by atoms with Gasteiger partial charge in [0.2, 0.25) is 0 Å². The molecule has 2 aliphatic carbocycles. The van der Waals surface area contributed by atoms with Crippen LogP contribution >= 0.6 is 0 Å². The smallest absolute Gasteiger partial charge is 0.375 e. The molecule has 8 heterocycles. The summed E-state index contributed by atoms with van der Waals surface area (Å²) in [6, 6.07) is 14.4. The van der Waals surface area contributed by atoms with Crippen LogP contribution in [0.3, 0.4) is 0 Å². The maximum atomic E-state index is 16.2. The molecular formula is C49H46F2N10O5. The van der Waals surface area contributed by atoms with Crippen LogP contribution in [0.5, 0.6) is 0 Å². The number of fused-ring (bicyclic) bond motifs is 6. The van der Waals surface area contributed by atoms with Crippen LogP contribution in [0.2, 0.25) is 0 Å². The minimum atomic E-state index is -0.837. The van der Waals surface area contributed by atoms with Crippen molar-refractivity contribution in [3.8, 4) is 17.2 Å². The molecule has 1 spiro atoms. The number of ether oxygens (including phenoxy) is 1. The highest BCUT2D eigenvalue weighted by Gasteiger charge is 2.60. The number of nitrogens with zero attached hydrogens (tertiary/aromatic N) is 9.